The molecule has 9 heteroatoms. The molecule has 6 nitrogen and oxygen atoms in total. The lowest BCUT2D eigenvalue weighted by Gasteiger charge is -2.18. The highest BCUT2D eigenvalue weighted by Crippen LogP contribution is 2.22. The van der Waals surface area contributed by atoms with Crippen LogP contribution in [0.4, 0.5) is 15.8 Å². The van der Waals surface area contributed by atoms with Crippen molar-refractivity contribution < 1.29 is 17.6 Å². The van der Waals surface area contributed by atoms with Crippen molar-refractivity contribution in [3.63, 3.8) is 0 Å². The Morgan fingerprint density at radius 1 is 1.11 bits per heavy atom. The normalized spacial score (nSPS) is 11.4. The van der Waals surface area contributed by atoms with Crippen LogP contribution in [0.1, 0.15) is 13.8 Å². The Hall–Kier alpha value is -2.16. The van der Waals surface area contributed by atoms with Gasteiger partial charge in [-0.3, -0.25) is 4.79 Å². The fraction of sp³-hybridized carbons (Fsp3) is 0.278. The molecule has 0 heterocycles. The predicted molar refractivity (Wildman–Crippen MR) is 105 cm³/mol. The first-order chi connectivity index (χ1) is 12.8. The summed E-state index contributed by atoms with van der Waals surface area (Å²) in [5.74, 6) is -1.04. The lowest BCUT2D eigenvalue weighted by Crippen LogP contribution is -2.30. The summed E-state index contributed by atoms with van der Waals surface area (Å²) in [5, 5.41) is 5.25. The van der Waals surface area contributed by atoms with E-state index >= 15 is 0 Å². The zero-order chi connectivity index (χ0) is 20.0. The molecule has 0 aliphatic rings. The van der Waals surface area contributed by atoms with Crippen molar-refractivity contribution in [1.29, 1.82) is 0 Å². The predicted octanol–water partition coefficient (Wildman–Crippen LogP) is 3.56. The molecule has 0 aromatic heterocycles. The summed E-state index contributed by atoms with van der Waals surface area (Å²) < 4.78 is 40.0. The van der Waals surface area contributed by atoms with Crippen LogP contribution < -0.4 is 10.6 Å². The number of halogens is 2. The maximum atomic E-state index is 13.8. The SMILES string of the molecule is CCN(CC)S(=O)(=O)c1ccc(NC(=O)CNc2cccc(Cl)c2F)cc1. The molecule has 2 rings (SSSR count). The summed E-state index contributed by atoms with van der Waals surface area (Å²) in [5.41, 5.74) is 0.560. The standard InChI is InChI=1S/C18H21ClFN3O3S/c1-3-23(4-2)27(25,26)14-10-8-13(9-11-14)22-17(24)12-21-16-7-5-6-15(19)18(16)20/h5-11,21H,3-4,12H2,1-2H3,(H,22,24). The molecule has 0 bridgehead atoms. The molecule has 146 valence electrons. The van der Waals surface area contributed by atoms with Gasteiger partial charge in [-0.2, -0.15) is 4.31 Å². The lowest BCUT2D eigenvalue weighted by molar-refractivity contribution is -0.114. The number of nitrogens with one attached hydrogen (secondary N) is 2. The first-order valence-corrected chi connectivity index (χ1v) is 10.2. The summed E-state index contributed by atoms with van der Waals surface area (Å²) >= 11 is 5.69. The van der Waals surface area contributed by atoms with Crippen LogP contribution >= 0.6 is 11.6 Å². The number of nitrogens with zero attached hydrogens (tertiary/aromatic N) is 1. The Morgan fingerprint density at radius 3 is 2.33 bits per heavy atom. The highest BCUT2D eigenvalue weighted by Gasteiger charge is 2.21. The van der Waals surface area contributed by atoms with Gasteiger partial charge in [0.1, 0.15) is 0 Å². The molecule has 0 spiro atoms. The van der Waals surface area contributed by atoms with E-state index in [1.165, 1.54) is 40.7 Å². The molecule has 2 N–H and O–H groups in total. The van der Waals surface area contributed by atoms with Gasteiger partial charge in [0.05, 0.1) is 22.2 Å². The van der Waals surface area contributed by atoms with Gasteiger partial charge in [0.2, 0.25) is 15.9 Å². The van der Waals surface area contributed by atoms with Gasteiger partial charge in [-0.1, -0.05) is 31.5 Å². The van der Waals surface area contributed by atoms with Gasteiger partial charge < -0.3 is 10.6 Å². The second-order valence-electron chi connectivity index (χ2n) is 5.62. The molecule has 0 atom stereocenters. The van der Waals surface area contributed by atoms with Gasteiger partial charge in [-0.15, -0.1) is 0 Å². The van der Waals surface area contributed by atoms with Crippen LogP contribution in [0, 0.1) is 5.82 Å². The quantitative estimate of drug-likeness (QED) is 0.693. The highest BCUT2D eigenvalue weighted by molar-refractivity contribution is 7.89. The van der Waals surface area contributed by atoms with Crippen LogP contribution in [-0.2, 0) is 14.8 Å². The molecule has 0 fully saturated rings. The molecule has 0 radical (unpaired) electrons. The van der Waals surface area contributed by atoms with E-state index in [0.29, 0.717) is 18.8 Å². The zero-order valence-corrected chi connectivity index (χ0v) is 16.6. The number of carbonyl (C=O) groups is 1. The number of amides is 1. The zero-order valence-electron chi connectivity index (χ0n) is 15.0. The summed E-state index contributed by atoms with van der Waals surface area (Å²) in [7, 11) is -3.55. The smallest absolute Gasteiger partial charge is 0.243 e. The average molecular weight is 414 g/mol. The van der Waals surface area contributed by atoms with Gasteiger partial charge in [0.25, 0.3) is 0 Å². The van der Waals surface area contributed by atoms with Crippen molar-refractivity contribution >= 4 is 38.9 Å². The Morgan fingerprint density at radius 2 is 1.74 bits per heavy atom. The van der Waals surface area contributed by atoms with Crippen molar-refractivity contribution in [2.75, 3.05) is 30.3 Å². The first-order valence-electron chi connectivity index (χ1n) is 8.37. The van der Waals surface area contributed by atoms with E-state index in [1.54, 1.807) is 19.9 Å². The number of anilines is 2. The number of sulfonamides is 1. The minimum Gasteiger partial charge on any atom is -0.374 e. The first kappa shape index (κ1) is 21.1. The van der Waals surface area contributed by atoms with Crippen molar-refractivity contribution in [3.05, 3.63) is 53.3 Å². The van der Waals surface area contributed by atoms with Crippen LogP contribution in [0.25, 0.3) is 0 Å². The second-order valence-corrected chi connectivity index (χ2v) is 7.96. The summed E-state index contributed by atoms with van der Waals surface area (Å²) in [6.07, 6.45) is 0. The Labute approximate surface area is 163 Å². The lowest BCUT2D eigenvalue weighted by atomic mass is 10.3. The van der Waals surface area contributed by atoms with Crippen molar-refractivity contribution in [1.82, 2.24) is 4.31 Å². The molecule has 27 heavy (non-hydrogen) atoms. The third-order valence-corrected chi connectivity index (χ3v) is 6.23. The molecule has 0 unspecified atom stereocenters. The van der Waals surface area contributed by atoms with Crippen molar-refractivity contribution in [2.24, 2.45) is 0 Å². The average Bonchev–Trinajstić information content (AvgIpc) is 2.64. The van der Waals surface area contributed by atoms with Gasteiger partial charge in [-0.05, 0) is 36.4 Å². The monoisotopic (exact) mass is 413 g/mol. The number of hydrogen-bond donors (Lipinski definition) is 2. The van der Waals surface area contributed by atoms with E-state index in [-0.39, 0.29) is 22.2 Å². The van der Waals surface area contributed by atoms with Crippen LogP contribution in [0.3, 0.4) is 0 Å². The van der Waals surface area contributed by atoms with Crippen LogP contribution in [0.2, 0.25) is 5.02 Å². The third kappa shape index (κ3) is 5.18. The molecule has 0 saturated heterocycles. The van der Waals surface area contributed by atoms with Crippen LogP contribution in [0.15, 0.2) is 47.4 Å². The highest BCUT2D eigenvalue weighted by atomic mass is 35.5. The third-order valence-electron chi connectivity index (χ3n) is 3.87. The minimum absolute atomic E-state index is 0.0367. The van der Waals surface area contributed by atoms with E-state index in [0.717, 1.165) is 0 Å². The van der Waals surface area contributed by atoms with Gasteiger partial charge in [-0.25, -0.2) is 12.8 Å². The van der Waals surface area contributed by atoms with Gasteiger partial charge >= 0.3 is 0 Å². The minimum atomic E-state index is -3.55. The fourth-order valence-corrected chi connectivity index (χ4v) is 4.08. The maximum Gasteiger partial charge on any atom is 0.243 e. The van der Waals surface area contributed by atoms with E-state index in [9.17, 15) is 17.6 Å². The summed E-state index contributed by atoms with van der Waals surface area (Å²) in [6.45, 7) is 4.12. The number of benzene rings is 2. The number of rotatable bonds is 8. The summed E-state index contributed by atoms with van der Waals surface area (Å²) in [4.78, 5) is 12.2. The largest absolute Gasteiger partial charge is 0.374 e. The Balaban J connectivity index is 2.00. The summed E-state index contributed by atoms with van der Waals surface area (Å²) in [6, 6.07) is 10.3. The number of carbonyl (C=O) groups excluding carboxylic acids is 1. The maximum absolute atomic E-state index is 13.8. The van der Waals surface area contributed by atoms with E-state index < -0.39 is 21.7 Å². The van der Waals surface area contributed by atoms with E-state index in [2.05, 4.69) is 10.6 Å². The molecule has 0 saturated carbocycles. The molecule has 2 aromatic rings. The second kappa shape index (κ2) is 9.16. The fourth-order valence-electron chi connectivity index (χ4n) is 2.44. The molecule has 2 aromatic carbocycles. The Kier molecular flexibility index (Phi) is 7.18. The van der Waals surface area contributed by atoms with Crippen LogP contribution in [0.5, 0.6) is 0 Å². The molecule has 0 aliphatic carbocycles. The van der Waals surface area contributed by atoms with Gasteiger partial charge in [0, 0.05) is 18.8 Å². The molecule has 1 amide bonds. The topological polar surface area (TPSA) is 78.5 Å². The molecule has 0 aliphatic heterocycles. The molecular weight excluding hydrogens is 393 g/mol. The van der Waals surface area contributed by atoms with Crippen LogP contribution in [-0.4, -0.2) is 38.3 Å². The number of hydrogen-bond acceptors (Lipinski definition) is 4. The van der Waals surface area contributed by atoms with Crippen molar-refractivity contribution in [2.45, 2.75) is 18.7 Å². The van der Waals surface area contributed by atoms with Gasteiger partial charge in [0.15, 0.2) is 5.82 Å². The molecular formula is C18H21ClFN3O3S. The Bertz CT molecular complexity index is 901. The van der Waals surface area contributed by atoms with E-state index in [1.807, 2.05) is 0 Å². The van der Waals surface area contributed by atoms with Crippen molar-refractivity contribution in [3.8, 4) is 0 Å². The van der Waals surface area contributed by atoms with E-state index in [4.69, 9.17) is 11.6 Å².